The van der Waals surface area contributed by atoms with E-state index in [0.717, 1.165) is 30.2 Å². The third-order valence-electron chi connectivity index (χ3n) is 5.95. The Morgan fingerprint density at radius 3 is 2.91 bits per heavy atom. The Kier molecular flexibility index (Phi) is 5.57. The molecule has 0 radical (unpaired) electrons. The first-order valence-electron chi connectivity index (χ1n) is 10.8. The zero-order valence-electron chi connectivity index (χ0n) is 17.8. The number of likely N-dealkylation sites (tertiary alicyclic amines) is 1. The van der Waals surface area contributed by atoms with Gasteiger partial charge in [0.15, 0.2) is 5.84 Å². The van der Waals surface area contributed by atoms with E-state index in [9.17, 15) is 13.9 Å². The van der Waals surface area contributed by atoms with Gasteiger partial charge < -0.3 is 15.4 Å². The van der Waals surface area contributed by atoms with Crippen molar-refractivity contribution in [3.05, 3.63) is 65.9 Å². The number of nitrogens with one attached hydrogen (secondary N) is 1. The Morgan fingerprint density at radius 2 is 2.03 bits per heavy atom. The Labute approximate surface area is 192 Å². The molecule has 2 aliphatic rings. The minimum Gasteiger partial charge on any atom is -0.491 e. The number of carbonyl (C=O) groups is 1. The number of nitrogens with zero attached hydrogens (tertiary/aromatic N) is 3. The van der Waals surface area contributed by atoms with Crippen LogP contribution in [0.2, 0.25) is 0 Å². The number of aromatic nitrogens is 1. The van der Waals surface area contributed by atoms with Gasteiger partial charge in [0.05, 0.1) is 28.4 Å². The Bertz CT molecular complexity index is 1240. The summed E-state index contributed by atoms with van der Waals surface area (Å²) in [6.07, 6.45) is 4.44. The van der Waals surface area contributed by atoms with E-state index < -0.39 is 11.0 Å². The van der Waals surface area contributed by atoms with Crippen LogP contribution in [0.4, 0.5) is 5.69 Å². The number of para-hydroxylation sites is 1. The highest BCUT2D eigenvalue weighted by molar-refractivity contribution is 8.24. The third kappa shape index (κ3) is 4.20. The van der Waals surface area contributed by atoms with E-state index >= 15 is 0 Å². The summed E-state index contributed by atoms with van der Waals surface area (Å²) in [5, 5.41) is 0.835. The Balaban J connectivity index is 1.39. The number of hydrogen-bond donors (Lipinski definition) is 4. The van der Waals surface area contributed by atoms with Gasteiger partial charge in [0, 0.05) is 18.1 Å². The number of amides is 1. The minimum absolute atomic E-state index is 0.000757. The highest BCUT2D eigenvalue weighted by Crippen LogP contribution is 2.46. The second-order valence-electron chi connectivity index (χ2n) is 8.11. The largest absolute Gasteiger partial charge is 0.491 e. The standard InChI is InChI=1S/C23H25N5O4S/c24-22-21-19(26-33(30,31)27-22)9-5-10-20(21)32-14-15-6-3-4-13-28(15)23(29)17-11-12-25-18-8-2-1-7-16(17)18/h1-2,5,7-12,15,26,30-31H,3-4,6,13-14H2,(H2,24,27). The lowest BCUT2D eigenvalue weighted by Gasteiger charge is -2.36. The van der Waals surface area contributed by atoms with Crippen LogP contribution in [0.1, 0.15) is 35.2 Å². The van der Waals surface area contributed by atoms with Crippen LogP contribution in [0.5, 0.6) is 5.75 Å². The second-order valence-corrected chi connectivity index (χ2v) is 9.54. The minimum atomic E-state index is -3.37. The van der Waals surface area contributed by atoms with Gasteiger partial charge in [-0.15, -0.1) is 4.40 Å². The van der Waals surface area contributed by atoms with E-state index in [4.69, 9.17) is 10.5 Å². The van der Waals surface area contributed by atoms with Gasteiger partial charge in [-0.05, 0) is 54.5 Å². The SMILES string of the molecule is NC1=NS(O)(O)Nc2cccc(OCC3CCCCN3C(=O)c3ccnc4ccccc34)c21. The molecule has 9 nitrogen and oxygen atoms in total. The maximum Gasteiger partial charge on any atom is 0.254 e. The fourth-order valence-electron chi connectivity index (χ4n) is 4.42. The molecular formula is C23H25N5O4S. The van der Waals surface area contributed by atoms with Gasteiger partial charge in [-0.1, -0.05) is 24.3 Å². The van der Waals surface area contributed by atoms with Crippen molar-refractivity contribution < 1.29 is 18.6 Å². The number of anilines is 1. The summed E-state index contributed by atoms with van der Waals surface area (Å²) in [6.45, 7) is 0.942. The molecule has 2 aliphatic heterocycles. The van der Waals surface area contributed by atoms with Crippen LogP contribution in [-0.4, -0.2) is 49.9 Å². The molecule has 3 aromatic rings. The molecule has 1 aromatic heterocycles. The van der Waals surface area contributed by atoms with Crippen LogP contribution in [0.15, 0.2) is 59.1 Å². The zero-order chi connectivity index (χ0) is 23.0. The average molecular weight is 468 g/mol. The summed E-state index contributed by atoms with van der Waals surface area (Å²) in [5.41, 5.74) is 8.35. The number of carbonyl (C=O) groups excluding carboxylic acids is 1. The van der Waals surface area contributed by atoms with Crippen molar-refractivity contribution in [1.82, 2.24) is 9.88 Å². The van der Waals surface area contributed by atoms with E-state index in [0.29, 0.717) is 29.1 Å². The van der Waals surface area contributed by atoms with Crippen molar-refractivity contribution in [3.63, 3.8) is 0 Å². The summed E-state index contributed by atoms with van der Waals surface area (Å²) < 4.78 is 32.2. The predicted octanol–water partition coefficient (Wildman–Crippen LogP) is 4.02. The molecule has 0 bridgehead atoms. The smallest absolute Gasteiger partial charge is 0.254 e. The quantitative estimate of drug-likeness (QED) is 0.455. The first-order chi connectivity index (χ1) is 15.9. The first kappa shape index (κ1) is 21.5. The highest BCUT2D eigenvalue weighted by Gasteiger charge is 2.30. The van der Waals surface area contributed by atoms with Gasteiger partial charge in [0.1, 0.15) is 12.4 Å². The van der Waals surface area contributed by atoms with Crippen LogP contribution in [-0.2, 0) is 0 Å². The molecule has 1 saturated heterocycles. The van der Waals surface area contributed by atoms with Crippen LogP contribution in [0, 0.1) is 0 Å². The van der Waals surface area contributed by atoms with Crippen molar-refractivity contribution >= 4 is 39.3 Å². The van der Waals surface area contributed by atoms with E-state index in [1.807, 2.05) is 29.2 Å². The van der Waals surface area contributed by atoms with Crippen molar-refractivity contribution in [2.75, 3.05) is 17.9 Å². The number of pyridine rings is 1. The van der Waals surface area contributed by atoms with Gasteiger partial charge in [0.25, 0.3) is 5.91 Å². The second kappa shape index (κ2) is 8.54. The number of rotatable bonds is 4. The van der Waals surface area contributed by atoms with E-state index in [1.54, 1.807) is 30.5 Å². The number of fused-ring (bicyclic) bond motifs is 2. The molecule has 0 aliphatic carbocycles. The third-order valence-corrected chi connectivity index (χ3v) is 6.90. The molecule has 33 heavy (non-hydrogen) atoms. The van der Waals surface area contributed by atoms with Crippen LogP contribution in [0.3, 0.4) is 0 Å². The predicted molar refractivity (Wildman–Crippen MR) is 130 cm³/mol. The fourth-order valence-corrected chi connectivity index (χ4v) is 5.29. The van der Waals surface area contributed by atoms with E-state index in [2.05, 4.69) is 14.1 Å². The molecule has 5 rings (SSSR count). The molecule has 1 fully saturated rings. The van der Waals surface area contributed by atoms with Crippen molar-refractivity contribution in [3.8, 4) is 5.75 Å². The van der Waals surface area contributed by atoms with Gasteiger partial charge >= 0.3 is 0 Å². The first-order valence-corrected chi connectivity index (χ1v) is 12.3. The fraction of sp³-hybridized carbons (Fsp3) is 0.261. The highest BCUT2D eigenvalue weighted by atomic mass is 32.3. The summed E-state index contributed by atoms with van der Waals surface area (Å²) in [4.78, 5) is 19.8. The summed E-state index contributed by atoms with van der Waals surface area (Å²) in [6, 6.07) is 14.5. The lowest BCUT2D eigenvalue weighted by Crippen LogP contribution is -2.46. The number of hydrogen-bond acceptors (Lipinski definition) is 8. The van der Waals surface area contributed by atoms with Gasteiger partial charge in [-0.25, -0.2) is 0 Å². The van der Waals surface area contributed by atoms with Crippen molar-refractivity contribution in [1.29, 1.82) is 0 Å². The van der Waals surface area contributed by atoms with E-state index in [-0.39, 0.29) is 24.4 Å². The van der Waals surface area contributed by atoms with E-state index in [1.165, 1.54) is 0 Å². The van der Waals surface area contributed by atoms with Gasteiger partial charge in [-0.2, -0.15) is 0 Å². The molecule has 1 atom stereocenters. The Hall–Kier alpha value is -3.34. The lowest BCUT2D eigenvalue weighted by molar-refractivity contribution is 0.0530. The molecule has 1 unspecified atom stereocenters. The van der Waals surface area contributed by atoms with Gasteiger partial charge in [0.2, 0.25) is 0 Å². The van der Waals surface area contributed by atoms with Crippen LogP contribution >= 0.6 is 11.0 Å². The topological polar surface area (TPSA) is 133 Å². The molecule has 3 heterocycles. The number of piperidine rings is 1. The van der Waals surface area contributed by atoms with Crippen LogP contribution < -0.4 is 15.2 Å². The zero-order valence-corrected chi connectivity index (χ0v) is 18.7. The Morgan fingerprint density at radius 1 is 1.18 bits per heavy atom. The molecule has 10 heteroatoms. The molecular weight excluding hydrogens is 442 g/mol. The molecule has 2 aromatic carbocycles. The van der Waals surface area contributed by atoms with Gasteiger partial charge in [-0.3, -0.25) is 23.6 Å². The maximum atomic E-state index is 13.5. The average Bonchev–Trinajstić information content (AvgIpc) is 2.81. The monoisotopic (exact) mass is 467 g/mol. The number of nitrogens with two attached hydrogens (primary N) is 1. The summed E-state index contributed by atoms with van der Waals surface area (Å²) in [7, 11) is -3.37. The van der Waals surface area contributed by atoms with Crippen LogP contribution in [0.25, 0.3) is 10.9 Å². The summed E-state index contributed by atoms with van der Waals surface area (Å²) in [5.74, 6) is 0.441. The summed E-state index contributed by atoms with van der Waals surface area (Å²) >= 11 is 0. The molecule has 0 spiro atoms. The number of amidine groups is 1. The van der Waals surface area contributed by atoms with Crippen molar-refractivity contribution in [2.45, 2.75) is 25.3 Å². The molecule has 5 N–H and O–H groups in total. The van der Waals surface area contributed by atoms with Crippen molar-refractivity contribution in [2.24, 2.45) is 10.1 Å². The lowest BCUT2D eigenvalue weighted by atomic mass is 10.00. The maximum absolute atomic E-state index is 13.5. The molecule has 172 valence electrons. The molecule has 1 amide bonds. The molecule has 0 saturated carbocycles. The normalized spacial score (nSPS) is 20.4. The number of ether oxygens (including phenoxy) is 1. The number of benzene rings is 2.